The van der Waals surface area contributed by atoms with E-state index in [0.717, 1.165) is 44.9 Å². The monoisotopic (exact) mass is 594 g/mol. The molecule has 0 spiro atoms. The lowest BCUT2D eigenvalue weighted by Crippen LogP contribution is -2.37. The number of quaternary nitrogens is 1. The van der Waals surface area contributed by atoms with Crippen molar-refractivity contribution in [3.8, 4) is 0 Å². The van der Waals surface area contributed by atoms with Gasteiger partial charge in [-0.15, -0.1) is 0 Å². The molecule has 0 aromatic heterocycles. The molecule has 2 atom stereocenters. The van der Waals surface area contributed by atoms with Crippen LogP contribution in [0.1, 0.15) is 129 Å². The van der Waals surface area contributed by atoms with Gasteiger partial charge in [-0.3, -0.25) is 18.6 Å². The van der Waals surface area contributed by atoms with Crippen LogP contribution >= 0.6 is 7.82 Å². The van der Waals surface area contributed by atoms with E-state index in [0.29, 0.717) is 23.9 Å². The molecule has 0 aliphatic rings. The van der Waals surface area contributed by atoms with E-state index in [1.54, 1.807) is 0 Å². The summed E-state index contributed by atoms with van der Waals surface area (Å²) < 4.78 is 33.8. The highest BCUT2D eigenvalue weighted by molar-refractivity contribution is 7.47. The maximum Gasteiger partial charge on any atom is 0.472 e. The predicted molar refractivity (Wildman–Crippen MR) is 160 cm³/mol. The first-order chi connectivity index (χ1) is 19.0. The van der Waals surface area contributed by atoms with E-state index in [2.05, 4.69) is 13.8 Å². The first kappa shape index (κ1) is 39.0. The second-order valence-corrected chi connectivity index (χ2v) is 13.3. The van der Waals surface area contributed by atoms with Gasteiger partial charge in [0.1, 0.15) is 19.8 Å². The largest absolute Gasteiger partial charge is 0.472 e. The summed E-state index contributed by atoms with van der Waals surface area (Å²) in [6.45, 7) is 4.31. The lowest BCUT2D eigenvalue weighted by molar-refractivity contribution is -0.870. The topological polar surface area (TPSA) is 108 Å². The quantitative estimate of drug-likeness (QED) is 0.0434. The van der Waals surface area contributed by atoms with Crippen LogP contribution < -0.4 is 0 Å². The fraction of sp³-hybridized carbons (Fsp3) is 0.933. The molecule has 0 aliphatic heterocycles. The number of unbranched alkanes of at least 4 members (excludes halogenated alkanes) is 14. The molecule has 0 rings (SSSR count). The molecule has 0 bridgehead atoms. The number of likely N-dealkylation sites (N-methyl/N-ethyl adjacent to an activating group) is 1. The number of rotatable bonds is 28. The molecule has 0 aromatic rings. The van der Waals surface area contributed by atoms with Crippen LogP contribution in [-0.4, -0.2) is 74.9 Å². The van der Waals surface area contributed by atoms with Crippen LogP contribution in [-0.2, 0) is 32.7 Å². The minimum absolute atomic E-state index is 0.0353. The minimum Gasteiger partial charge on any atom is -0.462 e. The standard InChI is InChI=1S/C30H60NO8P/c1-6-8-10-12-14-15-16-17-19-20-22-29(32)36-26-28(39-30(33)23-21-18-13-11-9-7-2)27-38-40(34,35)37-25-24-31(3,4)5/h28H,6-27H2,1-5H3/p+1/t28-/m1/s1. The smallest absolute Gasteiger partial charge is 0.462 e. The molecule has 238 valence electrons. The highest BCUT2D eigenvalue weighted by Gasteiger charge is 2.27. The SMILES string of the molecule is CCCCCCCCCCCCC(=O)OC[C@H](COP(=O)(O)OCC[N+](C)(C)C)OC(=O)CCCCCCCC. The Kier molecular flexibility index (Phi) is 24.0. The molecule has 0 radical (unpaired) electrons. The molecule has 0 aliphatic carbocycles. The van der Waals surface area contributed by atoms with Gasteiger partial charge in [0.25, 0.3) is 0 Å². The van der Waals surface area contributed by atoms with E-state index in [-0.39, 0.29) is 25.6 Å². The van der Waals surface area contributed by atoms with Crippen molar-refractivity contribution in [2.75, 3.05) is 47.5 Å². The Morgan fingerprint density at radius 3 is 1.60 bits per heavy atom. The van der Waals surface area contributed by atoms with Crippen molar-refractivity contribution >= 4 is 19.8 Å². The molecule has 1 N–H and O–H groups in total. The number of carbonyl (C=O) groups excluding carboxylic acids is 2. The fourth-order valence-corrected chi connectivity index (χ4v) is 4.81. The van der Waals surface area contributed by atoms with Gasteiger partial charge in [0, 0.05) is 12.8 Å². The summed E-state index contributed by atoms with van der Waals surface area (Å²) in [6, 6.07) is 0. The minimum atomic E-state index is -4.34. The molecule has 0 heterocycles. The summed E-state index contributed by atoms with van der Waals surface area (Å²) in [7, 11) is 1.48. The Hall–Kier alpha value is -0.990. The van der Waals surface area contributed by atoms with E-state index in [1.165, 1.54) is 51.4 Å². The number of carbonyl (C=O) groups is 2. The zero-order chi connectivity index (χ0) is 30.1. The molecule has 40 heavy (non-hydrogen) atoms. The molecule has 0 fully saturated rings. The number of esters is 2. The first-order valence-electron chi connectivity index (χ1n) is 15.8. The van der Waals surface area contributed by atoms with Crippen LogP contribution in [0, 0.1) is 0 Å². The van der Waals surface area contributed by atoms with Crippen molar-refractivity contribution in [3.05, 3.63) is 0 Å². The number of hydrogen-bond acceptors (Lipinski definition) is 7. The molecule has 0 saturated carbocycles. The summed E-state index contributed by atoms with van der Waals surface area (Å²) in [5.41, 5.74) is 0. The Morgan fingerprint density at radius 2 is 1.12 bits per heavy atom. The van der Waals surface area contributed by atoms with Crippen LogP contribution in [0.5, 0.6) is 0 Å². The second-order valence-electron chi connectivity index (χ2n) is 11.9. The zero-order valence-corrected chi connectivity index (χ0v) is 27.2. The van der Waals surface area contributed by atoms with Gasteiger partial charge in [-0.05, 0) is 12.8 Å². The molecule has 0 saturated heterocycles. The first-order valence-corrected chi connectivity index (χ1v) is 17.3. The van der Waals surface area contributed by atoms with Gasteiger partial charge >= 0.3 is 19.8 Å². The van der Waals surface area contributed by atoms with Crippen molar-refractivity contribution in [1.29, 1.82) is 0 Å². The van der Waals surface area contributed by atoms with Gasteiger partial charge in [0.15, 0.2) is 6.10 Å². The van der Waals surface area contributed by atoms with E-state index in [9.17, 15) is 19.0 Å². The average Bonchev–Trinajstić information content (AvgIpc) is 2.88. The summed E-state index contributed by atoms with van der Waals surface area (Å²) in [5.74, 6) is -0.809. The van der Waals surface area contributed by atoms with Gasteiger partial charge in [-0.1, -0.05) is 104 Å². The van der Waals surface area contributed by atoms with Crippen molar-refractivity contribution in [2.24, 2.45) is 0 Å². The third kappa shape index (κ3) is 27.2. The van der Waals surface area contributed by atoms with E-state index in [1.807, 2.05) is 21.1 Å². The lowest BCUT2D eigenvalue weighted by atomic mass is 10.1. The molecule has 0 aromatic carbocycles. The molecule has 9 nitrogen and oxygen atoms in total. The third-order valence-corrected chi connectivity index (χ3v) is 7.62. The lowest BCUT2D eigenvalue weighted by Gasteiger charge is -2.24. The van der Waals surface area contributed by atoms with Crippen LogP contribution in [0.15, 0.2) is 0 Å². The summed E-state index contributed by atoms with van der Waals surface area (Å²) in [6.07, 6.45) is 17.5. The predicted octanol–water partition coefficient (Wildman–Crippen LogP) is 7.34. The van der Waals surface area contributed by atoms with Crippen LogP contribution in [0.25, 0.3) is 0 Å². The van der Waals surface area contributed by atoms with Crippen molar-refractivity contribution in [1.82, 2.24) is 0 Å². The molecule has 0 amide bonds. The van der Waals surface area contributed by atoms with E-state index in [4.69, 9.17) is 18.5 Å². The fourth-order valence-electron chi connectivity index (χ4n) is 4.07. The van der Waals surface area contributed by atoms with Gasteiger partial charge in [-0.2, -0.15) is 0 Å². The Balaban J connectivity index is 4.49. The van der Waals surface area contributed by atoms with Gasteiger partial charge in [0.2, 0.25) is 0 Å². The molecular formula is C30H61NO8P+. The molecular weight excluding hydrogens is 533 g/mol. The van der Waals surface area contributed by atoms with Gasteiger partial charge in [0.05, 0.1) is 27.7 Å². The Labute approximate surface area is 244 Å². The Bertz CT molecular complexity index is 683. The number of phosphoric acid groups is 1. The molecule has 1 unspecified atom stereocenters. The average molecular weight is 595 g/mol. The van der Waals surface area contributed by atoms with Crippen LogP contribution in [0.3, 0.4) is 0 Å². The summed E-state index contributed by atoms with van der Waals surface area (Å²) in [5, 5.41) is 0. The van der Waals surface area contributed by atoms with Crippen molar-refractivity contribution < 1.29 is 42.1 Å². The third-order valence-electron chi connectivity index (χ3n) is 6.64. The van der Waals surface area contributed by atoms with E-state index >= 15 is 0 Å². The summed E-state index contributed by atoms with van der Waals surface area (Å²) in [4.78, 5) is 34.7. The summed E-state index contributed by atoms with van der Waals surface area (Å²) >= 11 is 0. The number of phosphoric ester groups is 1. The van der Waals surface area contributed by atoms with Crippen LogP contribution in [0.4, 0.5) is 0 Å². The second kappa shape index (κ2) is 24.6. The maximum atomic E-state index is 12.4. The number of ether oxygens (including phenoxy) is 2. The van der Waals surface area contributed by atoms with Crippen LogP contribution in [0.2, 0.25) is 0 Å². The van der Waals surface area contributed by atoms with Crippen molar-refractivity contribution in [2.45, 2.75) is 136 Å². The van der Waals surface area contributed by atoms with E-state index < -0.39 is 26.5 Å². The maximum absolute atomic E-state index is 12.4. The normalized spacial score (nSPS) is 14.1. The zero-order valence-electron chi connectivity index (χ0n) is 26.3. The Morgan fingerprint density at radius 1 is 0.675 bits per heavy atom. The van der Waals surface area contributed by atoms with Gasteiger partial charge < -0.3 is 18.9 Å². The molecule has 10 heteroatoms. The number of nitrogens with zero attached hydrogens (tertiary/aromatic N) is 1. The highest BCUT2D eigenvalue weighted by atomic mass is 31.2. The number of hydrogen-bond donors (Lipinski definition) is 1. The highest BCUT2D eigenvalue weighted by Crippen LogP contribution is 2.43. The van der Waals surface area contributed by atoms with Crippen molar-refractivity contribution in [3.63, 3.8) is 0 Å². The van der Waals surface area contributed by atoms with Gasteiger partial charge in [-0.25, -0.2) is 4.57 Å².